The van der Waals surface area contributed by atoms with Crippen LogP contribution in [0.3, 0.4) is 0 Å². The Labute approximate surface area is 153 Å². The summed E-state index contributed by atoms with van der Waals surface area (Å²) in [4.78, 5) is 8.94. The molecule has 6 heteroatoms. The number of aromatic nitrogens is 2. The van der Waals surface area contributed by atoms with Crippen molar-refractivity contribution in [1.29, 1.82) is 0 Å². The summed E-state index contributed by atoms with van der Waals surface area (Å²) >= 11 is 5.85. The normalized spacial score (nSPS) is 10.9. The Bertz CT molecular complexity index is 1120. The first-order valence-electron chi connectivity index (χ1n) is 7.85. The van der Waals surface area contributed by atoms with Crippen molar-refractivity contribution in [1.82, 2.24) is 9.97 Å². The van der Waals surface area contributed by atoms with Crippen LogP contribution in [0.25, 0.3) is 22.3 Å². The van der Waals surface area contributed by atoms with Crippen molar-refractivity contribution in [2.24, 2.45) is 0 Å². The number of hydrogen-bond acceptors (Lipinski definition) is 3. The van der Waals surface area contributed by atoms with Gasteiger partial charge in [-0.05, 0) is 42.5 Å². The van der Waals surface area contributed by atoms with Gasteiger partial charge in [0.05, 0.1) is 16.1 Å². The minimum atomic E-state index is -0.503. The SMILES string of the molecule is Fc1ccc(Nc2nc(-c3ccccc3F)nc3ccccc23)cc1Cl. The van der Waals surface area contributed by atoms with Gasteiger partial charge in [0.15, 0.2) is 5.82 Å². The van der Waals surface area contributed by atoms with E-state index in [2.05, 4.69) is 15.3 Å². The van der Waals surface area contributed by atoms with Gasteiger partial charge in [-0.2, -0.15) is 0 Å². The summed E-state index contributed by atoms with van der Waals surface area (Å²) in [5.74, 6) is -0.163. The van der Waals surface area contributed by atoms with E-state index >= 15 is 0 Å². The molecule has 3 nitrogen and oxygen atoms in total. The number of hydrogen-bond donors (Lipinski definition) is 1. The van der Waals surface area contributed by atoms with Crippen molar-refractivity contribution in [3.8, 4) is 11.4 Å². The third-order valence-electron chi connectivity index (χ3n) is 3.90. The van der Waals surface area contributed by atoms with Gasteiger partial charge in [0.2, 0.25) is 0 Å². The highest BCUT2D eigenvalue weighted by Gasteiger charge is 2.13. The Balaban J connectivity index is 1.87. The van der Waals surface area contributed by atoms with Crippen LogP contribution < -0.4 is 5.32 Å². The fourth-order valence-corrected chi connectivity index (χ4v) is 2.83. The third-order valence-corrected chi connectivity index (χ3v) is 4.19. The van der Waals surface area contributed by atoms with Crippen molar-refractivity contribution in [2.75, 3.05) is 5.32 Å². The number of fused-ring (bicyclic) bond motifs is 1. The van der Waals surface area contributed by atoms with Crippen molar-refractivity contribution in [3.05, 3.63) is 83.4 Å². The largest absolute Gasteiger partial charge is 0.340 e. The second-order valence-corrected chi connectivity index (χ2v) is 6.05. The molecule has 128 valence electrons. The molecule has 0 amide bonds. The van der Waals surface area contributed by atoms with Gasteiger partial charge in [-0.3, -0.25) is 0 Å². The zero-order chi connectivity index (χ0) is 18.1. The van der Waals surface area contributed by atoms with E-state index in [1.165, 1.54) is 18.2 Å². The summed E-state index contributed by atoms with van der Waals surface area (Å²) in [5.41, 5.74) is 1.54. The maximum atomic E-state index is 14.2. The van der Waals surface area contributed by atoms with Crippen LogP contribution in [0.15, 0.2) is 66.7 Å². The lowest BCUT2D eigenvalue weighted by molar-refractivity contribution is 0.628. The van der Waals surface area contributed by atoms with Gasteiger partial charge in [0.25, 0.3) is 0 Å². The first-order chi connectivity index (χ1) is 12.6. The molecule has 0 aliphatic rings. The Morgan fingerprint density at radius 2 is 1.58 bits per heavy atom. The quantitative estimate of drug-likeness (QED) is 0.484. The molecule has 0 spiro atoms. The molecule has 1 N–H and O–H groups in total. The van der Waals surface area contributed by atoms with Crippen LogP contribution in [0.4, 0.5) is 20.3 Å². The highest BCUT2D eigenvalue weighted by atomic mass is 35.5. The number of anilines is 2. The number of para-hydroxylation sites is 1. The molecule has 3 aromatic carbocycles. The Morgan fingerprint density at radius 3 is 2.38 bits per heavy atom. The molecule has 1 aromatic heterocycles. The number of rotatable bonds is 3. The molecule has 0 fully saturated rings. The molecule has 0 aliphatic heterocycles. The van der Waals surface area contributed by atoms with Gasteiger partial charge in [-0.15, -0.1) is 0 Å². The maximum absolute atomic E-state index is 14.2. The highest BCUT2D eigenvalue weighted by Crippen LogP contribution is 2.29. The average Bonchev–Trinajstić information content (AvgIpc) is 2.65. The zero-order valence-electron chi connectivity index (χ0n) is 13.4. The van der Waals surface area contributed by atoms with Crippen LogP contribution in [0.5, 0.6) is 0 Å². The van der Waals surface area contributed by atoms with E-state index in [4.69, 9.17) is 11.6 Å². The van der Waals surface area contributed by atoms with Crippen LogP contribution in [0, 0.1) is 11.6 Å². The minimum Gasteiger partial charge on any atom is -0.340 e. The van der Waals surface area contributed by atoms with Crippen molar-refractivity contribution >= 4 is 34.0 Å². The lowest BCUT2D eigenvalue weighted by Gasteiger charge is -2.12. The fourth-order valence-electron chi connectivity index (χ4n) is 2.65. The van der Waals surface area contributed by atoms with E-state index in [9.17, 15) is 8.78 Å². The van der Waals surface area contributed by atoms with Crippen LogP contribution in [-0.4, -0.2) is 9.97 Å². The number of nitrogens with zero attached hydrogens (tertiary/aromatic N) is 2. The van der Waals surface area contributed by atoms with Crippen LogP contribution in [0.2, 0.25) is 5.02 Å². The molecular formula is C20H12ClF2N3. The van der Waals surface area contributed by atoms with E-state index < -0.39 is 11.6 Å². The molecule has 4 aromatic rings. The average molecular weight is 368 g/mol. The summed E-state index contributed by atoms with van der Waals surface area (Å²) in [6.45, 7) is 0. The molecule has 26 heavy (non-hydrogen) atoms. The lowest BCUT2D eigenvalue weighted by Crippen LogP contribution is -2.00. The molecular weight excluding hydrogens is 356 g/mol. The van der Waals surface area contributed by atoms with Crippen molar-refractivity contribution in [2.45, 2.75) is 0 Å². The Kier molecular flexibility index (Phi) is 4.22. The monoisotopic (exact) mass is 367 g/mol. The Hall–Kier alpha value is -3.05. The minimum absolute atomic E-state index is 0.00249. The summed E-state index contributed by atoms with van der Waals surface area (Å²) < 4.78 is 27.6. The zero-order valence-corrected chi connectivity index (χ0v) is 14.1. The molecule has 1 heterocycles. The van der Waals surface area contributed by atoms with Gasteiger partial charge < -0.3 is 5.32 Å². The van der Waals surface area contributed by atoms with Gasteiger partial charge in [0, 0.05) is 11.1 Å². The second kappa shape index (κ2) is 6.69. The third kappa shape index (κ3) is 3.09. The van der Waals surface area contributed by atoms with E-state index in [0.717, 1.165) is 5.39 Å². The lowest BCUT2D eigenvalue weighted by atomic mass is 10.1. The molecule has 0 saturated carbocycles. The first-order valence-corrected chi connectivity index (χ1v) is 8.23. The highest BCUT2D eigenvalue weighted by molar-refractivity contribution is 6.31. The number of benzene rings is 3. The topological polar surface area (TPSA) is 37.8 Å². The fraction of sp³-hybridized carbons (Fsp3) is 0. The van der Waals surface area contributed by atoms with Crippen molar-refractivity contribution < 1.29 is 8.78 Å². The molecule has 0 radical (unpaired) electrons. The molecule has 0 saturated heterocycles. The smallest absolute Gasteiger partial charge is 0.165 e. The van der Waals surface area contributed by atoms with Crippen LogP contribution >= 0.6 is 11.6 Å². The standard InChI is InChI=1S/C20H12ClF2N3/c21-15-11-12(9-10-17(15)23)24-20-14-6-2-4-8-18(14)25-19(26-20)13-5-1-3-7-16(13)22/h1-11H,(H,24,25,26). The summed E-state index contributed by atoms with van der Waals surface area (Å²) in [5, 5.41) is 3.88. The molecule has 0 bridgehead atoms. The molecule has 0 unspecified atom stereocenters. The summed E-state index contributed by atoms with van der Waals surface area (Å²) in [6, 6.07) is 18.0. The predicted octanol–water partition coefficient (Wildman–Crippen LogP) is 5.97. The summed E-state index contributed by atoms with van der Waals surface area (Å²) in [6.07, 6.45) is 0. The Morgan fingerprint density at radius 1 is 0.808 bits per heavy atom. The van der Waals surface area contributed by atoms with Crippen molar-refractivity contribution in [3.63, 3.8) is 0 Å². The molecule has 0 atom stereocenters. The van der Waals surface area contributed by atoms with Crippen LogP contribution in [0.1, 0.15) is 0 Å². The number of halogens is 3. The van der Waals surface area contributed by atoms with Gasteiger partial charge >= 0.3 is 0 Å². The molecule has 0 aliphatic carbocycles. The van der Waals surface area contributed by atoms with Crippen LogP contribution in [-0.2, 0) is 0 Å². The summed E-state index contributed by atoms with van der Waals surface area (Å²) in [7, 11) is 0. The van der Waals surface area contributed by atoms with E-state index in [0.29, 0.717) is 22.6 Å². The second-order valence-electron chi connectivity index (χ2n) is 5.65. The molecule has 4 rings (SSSR count). The van der Waals surface area contributed by atoms with E-state index in [1.54, 1.807) is 24.3 Å². The predicted molar refractivity (Wildman–Crippen MR) is 99.6 cm³/mol. The van der Waals surface area contributed by atoms with E-state index in [-0.39, 0.29) is 10.8 Å². The van der Waals surface area contributed by atoms with Gasteiger partial charge in [0.1, 0.15) is 17.5 Å². The first kappa shape index (κ1) is 16.4. The number of nitrogens with one attached hydrogen (secondary N) is 1. The van der Waals surface area contributed by atoms with E-state index in [1.807, 2.05) is 24.3 Å². The van der Waals surface area contributed by atoms with Gasteiger partial charge in [-0.25, -0.2) is 18.7 Å². The maximum Gasteiger partial charge on any atom is 0.165 e. The van der Waals surface area contributed by atoms with Gasteiger partial charge in [-0.1, -0.05) is 35.9 Å².